The summed E-state index contributed by atoms with van der Waals surface area (Å²) in [5.74, 6) is -1.96. The molecule has 1 aliphatic carbocycles. The number of hydrogen-bond acceptors (Lipinski definition) is 6. The van der Waals surface area contributed by atoms with E-state index >= 15 is 0 Å². The molecule has 0 heterocycles. The van der Waals surface area contributed by atoms with Gasteiger partial charge < -0.3 is 14.8 Å². The quantitative estimate of drug-likeness (QED) is 0.773. The van der Waals surface area contributed by atoms with Gasteiger partial charge in [-0.05, 0) is 37.1 Å². The summed E-state index contributed by atoms with van der Waals surface area (Å²) in [5.41, 5.74) is 0.471. The maximum atomic E-state index is 11.9. The highest BCUT2D eigenvalue weighted by Crippen LogP contribution is 2.17. The SMILES string of the molecule is COC(=O)c1ccc(C(=O)OCC(=O)NC(=O)NC2CCCCC2)cc1. The third kappa shape index (κ3) is 5.87. The van der Waals surface area contributed by atoms with Crippen LogP contribution in [0.25, 0.3) is 0 Å². The molecule has 140 valence electrons. The molecule has 2 rings (SSSR count). The first-order valence-corrected chi connectivity index (χ1v) is 8.45. The molecule has 2 N–H and O–H groups in total. The Morgan fingerprint density at radius 1 is 0.962 bits per heavy atom. The number of benzene rings is 1. The second-order valence-electron chi connectivity index (χ2n) is 6.00. The Bertz CT molecular complexity index is 665. The molecule has 0 atom stereocenters. The van der Waals surface area contributed by atoms with Gasteiger partial charge in [0.1, 0.15) is 0 Å². The van der Waals surface area contributed by atoms with Crippen LogP contribution in [0.1, 0.15) is 52.8 Å². The van der Waals surface area contributed by atoms with Gasteiger partial charge in [-0.2, -0.15) is 0 Å². The third-order valence-electron chi connectivity index (χ3n) is 4.07. The molecule has 0 bridgehead atoms. The van der Waals surface area contributed by atoms with Crippen molar-refractivity contribution in [3.8, 4) is 0 Å². The Balaban J connectivity index is 1.74. The van der Waals surface area contributed by atoms with Crippen molar-refractivity contribution in [2.45, 2.75) is 38.1 Å². The van der Waals surface area contributed by atoms with Crippen molar-refractivity contribution in [3.63, 3.8) is 0 Å². The maximum Gasteiger partial charge on any atom is 0.338 e. The predicted octanol–water partition coefficient (Wildman–Crippen LogP) is 1.79. The number of amides is 3. The number of imide groups is 1. The third-order valence-corrected chi connectivity index (χ3v) is 4.07. The highest BCUT2D eigenvalue weighted by atomic mass is 16.5. The number of methoxy groups -OCH3 is 1. The standard InChI is InChI=1S/C18H22N2O6/c1-25-16(22)12-7-9-13(10-8-12)17(23)26-11-15(21)20-18(24)19-14-5-3-2-4-6-14/h7-10,14H,2-6,11H2,1H3,(H2,19,20,21,24). The molecule has 0 aromatic heterocycles. The molecule has 1 aromatic rings. The zero-order valence-electron chi connectivity index (χ0n) is 14.6. The van der Waals surface area contributed by atoms with Crippen molar-refractivity contribution in [2.75, 3.05) is 13.7 Å². The van der Waals surface area contributed by atoms with E-state index in [1.165, 1.54) is 31.4 Å². The van der Waals surface area contributed by atoms with Crippen LogP contribution in [-0.4, -0.2) is 43.6 Å². The molecule has 0 aliphatic heterocycles. The van der Waals surface area contributed by atoms with E-state index in [9.17, 15) is 19.2 Å². The van der Waals surface area contributed by atoms with Crippen LogP contribution in [-0.2, 0) is 14.3 Å². The van der Waals surface area contributed by atoms with Gasteiger partial charge in [-0.15, -0.1) is 0 Å². The van der Waals surface area contributed by atoms with Crippen molar-refractivity contribution >= 4 is 23.9 Å². The molecular weight excluding hydrogens is 340 g/mol. The highest BCUT2D eigenvalue weighted by molar-refractivity contribution is 5.97. The highest BCUT2D eigenvalue weighted by Gasteiger charge is 2.18. The Labute approximate surface area is 151 Å². The summed E-state index contributed by atoms with van der Waals surface area (Å²) in [4.78, 5) is 46.7. The van der Waals surface area contributed by atoms with E-state index in [-0.39, 0.29) is 11.6 Å². The Morgan fingerprint density at radius 3 is 2.12 bits per heavy atom. The first-order chi connectivity index (χ1) is 12.5. The summed E-state index contributed by atoms with van der Waals surface area (Å²) in [7, 11) is 1.26. The Morgan fingerprint density at radius 2 is 1.54 bits per heavy atom. The van der Waals surface area contributed by atoms with Crippen LogP contribution in [0.2, 0.25) is 0 Å². The van der Waals surface area contributed by atoms with E-state index in [0.29, 0.717) is 5.56 Å². The molecule has 8 heteroatoms. The molecule has 0 radical (unpaired) electrons. The molecule has 1 fully saturated rings. The average molecular weight is 362 g/mol. The van der Waals surface area contributed by atoms with Gasteiger partial charge >= 0.3 is 18.0 Å². The minimum atomic E-state index is -0.732. The van der Waals surface area contributed by atoms with E-state index in [1.54, 1.807) is 0 Å². The summed E-state index contributed by atoms with van der Waals surface area (Å²) in [5, 5.41) is 4.87. The minimum Gasteiger partial charge on any atom is -0.465 e. The summed E-state index contributed by atoms with van der Waals surface area (Å²) in [6.45, 7) is -0.574. The lowest BCUT2D eigenvalue weighted by molar-refractivity contribution is -0.123. The monoisotopic (exact) mass is 362 g/mol. The van der Waals surface area contributed by atoms with Crippen molar-refractivity contribution < 1.29 is 28.7 Å². The Kier molecular flexibility index (Phi) is 7.13. The van der Waals surface area contributed by atoms with Crippen molar-refractivity contribution in [1.82, 2.24) is 10.6 Å². The van der Waals surface area contributed by atoms with Gasteiger partial charge in [-0.25, -0.2) is 14.4 Å². The minimum absolute atomic E-state index is 0.0763. The fourth-order valence-corrected chi connectivity index (χ4v) is 2.71. The van der Waals surface area contributed by atoms with Gasteiger partial charge in [-0.3, -0.25) is 10.1 Å². The first-order valence-electron chi connectivity index (χ1n) is 8.45. The molecule has 0 unspecified atom stereocenters. The molecule has 1 saturated carbocycles. The van der Waals surface area contributed by atoms with Crippen LogP contribution >= 0.6 is 0 Å². The van der Waals surface area contributed by atoms with Gasteiger partial charge in [-0.1, -0.05) is 19.3 Å². The fraction of sp³-hybridized carbons (Fsp3) is 0.444. The van der Waals surface area contributed by atoms with Crippen LogP contribution in [0.3, 0.4) is 0 Å². The van der Waals surface area contributed by atoms with E-state index < -0.39 is 30.5 Å². The Hall–Kier alpha value is -2.90. The number of esters is 2. The molecule has 0 spiro atoms. The van der Waals surface area contributed by atoms with E-state index in [4.69, 9.17) is 4.74 Å². The first kappa shape index (κ1) is 19.4. The number of nitrogens with one attached hydrogen (secondary N) is 2. The molecule has 26 heavy (non-hydrogen) atoms. The second kappa shape index (κ2) is 9.55. The summed E-state index contributed by atoms with van der Waals surface area (Å²) in [6, 6.07) is 5.11. The molecular formula is C18H22N2O6. The van der Waals surface area contributed by atoms with Crippen molar-refractivity contribution in [3.05, 3.63) is 35.4 Å². The second-order valence-corrected chi connectivity index (χ2v) is 6.00. The predicted molar refractivity (Wildman–Crippen MR) is 91.6 cm³/mol. The number of hydrogen-bond donors (Lipinski definition) is 2. The van der Waals surface area contributed by atoms with Gasteiger partial charge in [0, 0.05) is 6.04 Å². The molecule has 1 aromatic carbocycles. The normalized spacial score (nSPS) is 14.2. The van der Waals surface area contributed by atoms with E-state index in [1.807, 2.05) is 0 Å². The lowest BCUT2D eigenvalue weighted by Gasteiger charge is -2.22. The van der Waals surface area contributed by atoms with Crippen molar-refractivity contribution in [2.24, 2.45) is 0 Å². The van der Waals surface area contributed by atoms with Crippen LogP contribution in [0.15, 0.2) is 24.3 Å². The van der Waals surface area contributed by atoms with E-state index in [0.717, 1.165) is 32.1 Å². The molecule has 1 aliphatic rings. The number of rotatable bonds is 5. The summed E-state index contributed by atoms with van der Waals surface area (Å²) < 4.78 is 9.42. The van der Waals surface area contributed by atoms with Crippen LogP contribution in [0.5, 0.6) is 0 Å². The zero-order valence-corrected chi connectivity index (χ0v) is 14.6. The lowest BCUT2D eigenvalue weighted by Crippen LogP contribution is -2.46. The average Bonchev–Trinajstić information content (AvgIpc) is 2.66. The zero-order chi connectivity index (χ0) is 18.9. The van der Waals surface area contributed by atoms with Gasteiger partial charge in [0.15, 0.2) is 6.61 Å². The van der Waals surface area contributed by atoms with Gasteiger partial charge in [0.05, 0.1) is 18.2 Å². The maximum absolute atomic E-state index is 11.9. The lowest BCUT2D eigenvalue weighted by atomic mass is 9.96. The fourth-order valence-electron chi connectivity index (χ4n) is 2.71. The van der Waals surface area contributed by atoms with Crippen LogP contribution in [0, 0.1) is 0 Å². The van der Waals surface area contributed by atoms with Gasteiger partial charge in [0.25, 0.3) is 5.91 Å². The van der Waals surface area contributed by atoms with Crippen LogP contribution < -0.4 is 10.6 Å². The smallest absolute Gasteiger partial charge is 0.338 e. The molecule has 0 saturated heterocycles. The molecule has 8 nitrogen and oxygen atoms in total. The van der Waals surface area contributed by atoms with Crippen LogP contribution in [0.4, 0.5) is 4.79 Å². The number of carbonyl (C=O) groups excluding carboxylic acids is 4. The summed E-state index contributed by atoms with van der Waals surface area (Å²) in [6.07, 6.45) is 5.09. The molecule has 3 amide bonds. The van der Waals surface area contributed by atoms with E-state index in [2.05, 4.69) is 15.4 Å². The van der Waals surface area contributed by atoms with Gasteiger partial charge in [0.2, 0.25) is 0 Å². The topological polar surface area (TPSA) is 111 Å². The largest absolute Gasteiger partial charge is 0.465 e. The number of ether oxygens (including phenoxy) is 2. The van der Waals surface area contributed by atoms with Crippen molar-refractivity contribution in [1.29, 1.82) is 0 Å². The summed E-state index contributed by atoms with van der Waals surface area (Å²) >= 11 is 0. The number of carbonyl (C=O) groups is 4. The number of urea groups is 1.